The van der Waals surface area contributed by atoms with Gasteiger partial charge in [0.05, 0.1) is 6.54 Å². The number of nitrogen functional groups attached to an aromatic ring is 1. The summed E-state index contributed by atoms with van der Waals surface area (Å²) in [6.07, 6.45) is 2.90. The van der Waals surface area contributed by atoms with E-state index in [1.165, 1.54) is 15.5 Å². The van der Waals surface area contributed by atoms with Crippen molar-refractivity contribution in [1.29, 1.82) is 0 Å². The third-order valence-corrected chi connectivity index (χ3v) is 5.70. The first-order chi connectivity index (χ1) is 14.9. The average Bonchev–Trinajstić information content (AvgIpc) is 2.72. The van der Waals surface area contributed by atoms with Crippen LogP contribution in [-0.4, -0.2) is 40.0 Å². The number of hydrogen-bond donors (Lipinski definition) is 2. The lowest BCUT2D eigenvalue weighted by Crippen LogP contribution is -2.50. The molecule has 1 unspecified atom stereocenters. The highest BCUT2D eigenvalue weighted by Crippen LogP contribution is 2.34. The lowest BCUT2D eigenvalue weighted by atomic mass is 9.94. The van der Waals surface area contributed by atoms with E-state index in [1.54, 1.807) is 18.2 Å². The van der Waals surface area contributed by atoms with E-state index >= 15 is 0 Å². The number of carbonyl (C=O) groups excluding carboxylic acids is 1. The third-order valence-electron chi connectivity index (χ3n) is 5.70. The number of unbranched alkanes of at least 4 members (excludes halogenated alkanes) is 1. The predicted molar refractivity (Wildman–Crippen MR) is 119 cm³/mol. The maximum atomic E-state index is 14.2. The molecule has 2 heterocycles. The van der Waals surface area contributed by atoms with Crippen LogP contribution in [0.1, 0.15) is 51.1 Å². The van der Waals surface area contributed by atoms with Crippen LogP contribution in [0.5, 0.6) is 0 Å². The molecule has 1 amide bonds. The fraction of sp³-hybridized carbons (Fsp3) is 0.500. The Labute approximate surface area is 180 Å². The van der Waals surface area contributed by atoms with Crippen LogP contribution < -0.4 is 21.9 Å². The molecule has 1 atom stereocenters. The number of rotatable bonds is 9. The molecular formula is C22H30FN5O3. The minimum absolute atomic E-state index is 0.00526. The molecule has 3 rings (SSSR count). The summed E-state index contributed by atoms with van der Waals surface area (Å²) in [7, 11) is 0. The SMILES string of the molecule is CCCCN(C(=O)CN1CCC1c1ccccc1F)c1c(N)n(CCC)c(=O)[nH]c1=O. The van der Waals surface area contributed by atoms with Gasteiger partial charge in [0.1, 0.15) is 11.6 Å². The molecular weight excluding hydrogens is 401 g/mol. The number of likely N-dealkylation sites (tertiary alicyclic amines) is 1. The van der Waals surface area contributed by atoms with Crippen LogP contribution >= 0.6 is 0 Å². The summed E-state index contributed by atoms with van der Waals surface area (Å²) < 4.78 is 15.5. The van der Waals surface area contributed by atoms with Gasteiger partial charge in [-0.2, -0.15) is 0 Å². The van der Waals surface area contributed by atoms with Gasteiger partial charge in [-0.1, -0.05) is 38.5 Å². The quantitative estimate of drug-likeness (QED) is 0.634. The number of H-pyrrole nitrogens is 1. The summed E-state index contributed by atoms with van der Waals surface area (Å²) in [6.45, 7) is 5.22. The van der Waals surface area contributed by atoms with E-state index in [4.69, 9.17) is 5.73 Å². The summed E-state index contributed by atoms with van der Waals surface area (Å²) >= 11 is 0. The second-order valence-corrected chi connectivity index (χ2v) is 7.84. The van der Waals surface area contributed by atoms with Gasteiger partial charge in [-0.15, -0.1) is 0 Å². The van der Waals surface area contributed by atoms with E-state index in [2.05, 4.69) is 4.98 Å². The molecule has 0 aliphatic carbocycles. The van der Waals surface area contributed by atoms with Crippen molar-refractivity contribution in [2.45, 2.75) is 52.1 Å². The predicted octanol–water partition coefficient (Wildman–Crippen LogP) is 2.25. The lowest BCUT2D eigenvalue weighted by Gasteiger charge is -2.41. The first kappa shape index (κ1) is 22.7. The number of aromatic amines is 1. The number of anilines is 2. The minimum Gasteiger partial charge on any atom is -0.383 e. The van der Waals surface area contributed by atoms with Gasteiger partial charge in [0.15, 0.2) is 5.69 Å². The molecule has 0 spiro atoms. The number of amides is 1. The second kappa shape index (κ2) is 9.91. The maximum Gasteiger partial charge on any atom is 0.330 e. The molecule has 0 bridgehead atoms. The summed E-state index contributed by atoms with van der Waals surface area (Å²) in [5, 5.41) is 0. The van der Waals surface area contributed by atoms with Crippen molar-refractivity contribution in [1.82, 2.24) is 14.5 Å². The lowest BCUT2D eigenvalue weighted by molar-refractivity contribution is -0.121. The van der Waals surface area contributed by atoms with E-state index < -0.39 is 11.2 Å². The zero-order valence-corrected chi connectivity index (χ0v) is 18.1. The smallest absolute Gasteiger partial charge is 0.330 e. The van der Waals surface area contributed by atoms with Crippen LogP contribution in [0.2, 0.25) is 0 Å². The molecule has 1 fully saturated rings. The van der Waals surface area contributed by atoms with Gasteiger partial charge in [0.25, 0.3) is 5.56 Å². The van der Waals surface area contributed by atoms with Crippen molar-refractivity contribution in [2.24, 2.45) is 0 Å². The van der Waals surface area contributed by atoms with Gasteiger partial charge < -0.3 is 10.6 Å². The number of benzene rings is 1. The highest BCUT2D eigenvalue weighted by atomic mass is 19.1. The van der Waals surface area contributed by atoms with Gasteiger partial charge in [-0.3, -0.25) is 24.0 Å². The molecule has 1 aliphatic rings. The highest BCUT2D eigenvalue weighted by molar-refractivity contribution is 5.96. The number of hydrogen-bond acceptors (Lipinski definition) is 5. The molecule has 0 radical (unpaired) electrons. The van der Waals surface area contributed by atoms with E-state index in [0.717, 1.165) is 12.8 Å². The number of carbonyl (C=O) groups is 1. The van der Waals surface area contributed by atoms with Crippen LogP contribution in [-0.2, 0) is 11.3 Å². The average molecular weight is 432 g/mol. The van der Waals surface area contributed by atoms with Gasteiger partial charge in [0, 0.05) is 31.2 Å². The number of nitrogens with one attached hydrogen (secondary N) is 1. The highest BCUT2D eigenvalue weighted by Gasteiger charge is 2.34. The zero-order valence-electron chi connectivity index (χ0n) is 18.1. The molecule has 9 heteroatoms. The van der Waals surface area contributed by atoms with Crippen molar-refractivity contribution in [3.05, 3.63) is 56.5 Å². The van der Waals surface area contributed by atoms with Crippen LogP contribution in [0.3, 0.4) is 0 Å². The molecule has 31 heavy (non-hydrogen) atoms. The van der Waals surface area contributed by atoms with E-state index in [-0.39, 0.29) is 35.8 Å². The van der Waals surface area contributed by atoms with Crippen molar-refractivity contribution >= 4 is 17.4 Å². The summed E-state index contributed by atoms with van der Waals surface area (Å²) in [5.74, 6) is -0.595. The van der Waals surface area contributed by atoms with Crippen molar-refractivity contribution < 1.29 is 9.18 Å². The minimum atomic E-state index is -0.673. The van der Waals surface area contributed by atoms with Crippen LogP contribution in [0.4, 0.5) is 15.9 Å². The van der Waals surface area contributed by atoms with E-state index in [1.807, 2.05) is 18.7 Å². The molecule has 1 aromatic carbocycles. The topological polar surface area (TPSA) is 104 Å². The Morgan fingerprint density at radius 1 is 1.26 bits per heavy atom. The van der Waals surface area contributed by atoms with Crippen LogP contribution in [0.15, 0.2) is 33.9 Å². The first-order valence-corrected chi connectivity index (χ1v) is 10.8. The Hall–Kier alpha value is -2.94. The van der Waals surface area contributed by atoms with Crippen LogP contribution in [0.25, 0.3) is 0 Å². The molecule has 3 N–H and O–H groups in total. The van der Waals surface area contributed by atoms with Crippen molar-refractivity contribution in [2.75, 3.05) is 30.3 Å². The molecule has 168 valence electrons. The molecule has 1 aliphatic heterocycles. The molecule has 2 aromatic rings. The fourth-order valence-corrected chi connectivity index (χ4v) is 3.95. The first-order valence-electron chi connectivity index (χ1n) is 10.8. The van der Waals surface area contributed by atoms with Gasteiger partial charge in [0.2, 0.25) is 5.91 Å². The van der Waals surface area contributed by atoms with Crippen LogP contribution in [0, 0.1) is 5.82 Å². The largest absolute Gasteiger partial charge is 0.383 e. The number of halogens is 1. The summed E-state index contributed by atoms with van der Waals surface area (Å²) in [6, 6.07) is 6.39. The summed E-state index contributed by atoms with van der Waals surface area (Å²) in [5.41, 5.74) is 5.50. The Bertz CT molecular complexity index is 1050. The number of nitrogens with two attached hydrogens (primary N) is 1. The van der Waals surface area contributed by atoms with E-state index in [9.17, 15) is 18.8 Å². The Kier molecular flexibility index (Phi) is 7.27. The molecule has 1 saturated heterocycles. The Balaban J connectivity index is 1.89. The Morgan fingerprint density at radius 3 is 2.61 bits per heavy atom. The van der Waals surface area contributed by atoms with E-state index in [0.29, 0.717) is 38.0 Å². The second-order valence-electron chi connectivity index (χ2n) is 7.84. The normalized spacial score (nSPS) is 16.2. The monoisotopic (exact) mass is 431 g/mol. The summed E-state index contributed by atoms with van der Waals surface area (Å²) in [4.78, 5) is 43.6. The maximum absolute atomic E-state index is 14.2. The van der Waals surface area contributed by atoms with Gasteiger partial charge in [-0.05, 0) is 25.3 Å². The number of aromatic nitrogens is 2. The fourth-order valence-electron chi connectivity index (χ4n) is 3.95. The van der Waals surface area contributed by atoms with Crippen molar-refractivity contribution in [3.63, 3.8) is 0 Å². The molecule has 0 saturated carbocycles. The molecule has 8 nitrogen and oxygen atoms in total. The standard InChI is InChI=1S/C22H30FN5O3/c1-3-5-12-27(19-20(24)28(11-4-2)22(31)25-21(19)30)18(29)14-26-13-10-17(26)15-8-6-7-9-16(15)23/h6-9,17H,3-5,10-14,24H2,1-2H3,(H,25,30,31). The zero-order chi connectivity index (χ0) is 22.5. The van der Waals surface area contributed by atoms with Crippen molar-refractivity contribution in [3.8, 4) is 0 Å². The number of nitrogens with zero attached hydrogens (tertiary/aromatic N) is 3. The third kappa shape index (κ3) is 4.71. The molecule has 1 aromatic heterocycles. The van der Waals surface area contributed by atoms with Gasteiger partial charge in [-0.25, -0.2) is 9.18 Å². The Morgan fingerprint density at radius 2 is 2.00 bits per heavy atom. The van der Waals surface area contributed by atoms with Gasteiger partial charge >= 0.3 is 5.69 Å².